The molecule has 0 radical (unpaired) electrons. The third kappa shape index (κ3) is 3.84. The fraction of sp³-hybridized carbons (Fsp3) is 1.00. The molecule has 0 heterocycles. The van der Waals surface area contributed by atoms with E-state index in [-0.39, 0.29) is 18.6 Å². The maximum atomic E-state index is 11.9. The molecule has 0 amide bonds. The average Bonchev–Trinajstić information content (AvgIpc) is 2.56. The highest BCUT2D eigenvalue weighted by Crippen LogP contribution is 2.28. The van der Waals surface area contributed by atoms with Gasteiger partial charge in [0.1, 0.15) is 0 Å². The van der Waals surface area contributed by atoms with Crippen LogP contribution in [0.3, 0.4) is 0 Å². The molecule has 1 saturated carbocycles. The van der Waals surface area contributed by atoms with Gasteiger partial charge < -0.3 is 10.4 Å². The van der Waals surface area contributed by atoms with E-state index in [0.29, 0.717) is 0 Å². The Kier molecular flexibility index (Phi) is 4.19. The molecule has 1 rings (SSSR count). The lowest BCUT2D eigenvalue weighted by Crippen LogP contribution is -2.43. The fourth-order valence-corrected chi connectivity index (χ4v) is 1.99. The van der Waals surface area contributed by atoms with Crippen LogP contribution < -0.4 is 5.32 Å². The van der Waals surface area contributed by atoms with Crippen LogP contribution >= 0.6 is 0 Å². The first-order valence-corrected chi connectivity index (χ1v) is 4.94. The highest BCUT2D eigenvalue weighted by Gasteiger charge is 2.31. The summed E-state index contributed by atoms with van der Waals surface area (Å²) in [5, 5.41) is 11.3. The largest absolute Gasteiger partial charge is 0.401 e. The number of aliphatic hydroxyl groups is 1. The highest BCUT2D eigenvalue weighted by atomic mass is 19.4. The lowest BCUT2D eigenvalue weighted by atomic mass is 9.99. The second-order valence-corrected chi connectivity index (χ2v) is 3.83. The van der Waals surface area contributed by atoms with Crippen LogP contribution in [0.2, 0.25) is 0 Å². The Bertz CT molecular complexity index is 166. The number of hydrogen-bond acceptors (Lipinski definition) is 2. The van der Waals surface area contributed by atoms with Crippen molar-refractivity contribution in [2.24, 2.45) is 5.92 Å². The first-order chi connectivity index (χ1) is 6.53. The van der Waals surface area contributed by atoms with Crippen molar-refractivity contribution in [3.63, 3.8) is 0 Å². The van der Waals surface area contributed by atoms with Gasteiger partial charge in [0, 0.05) is 6.04 Å². The van der Waals surface area contributed by atoms with E-state index >= 15 is 0 Å². The minimum Gasteiger partial charge on any atom is -0.395 e. The van der Waals surface area contributed by atoms with Gasteiger partial charge in [-0.15, -0.1) is 0 Å². The summed E-state index contributed by atoms with van der Waals surface area (Å²) in [4.78, 5) is 0. The van der Waals surface area contributed by atoms with Crippen molar-refractivity contribution in [1.82, 2.24) is 5.32 Å². The van der Waals surface area contributed by atoms with Crippen LogP contribution in [0, 0.1) is 5.92 Å². The first-order valence-electron chi connectivity index (χ1n) is 4.94. The summed E-state index contributed by atoms with van der Waals surface area (Å²) >= 11 is 0. The van der Waals surface area contributed by atoms with E-state index in [9.17, 15) is 13.2 Å². The SMILES string of the molecule is OCC(NCC(F)(F)F)C1CCCC1. The Labute approximate surface area is 81.5 Å². The van der Waals surface area contributed by atoms with Gasteiger partial charge in [-0.3, -0.25) is 0 Å². The van der Waals surface area contributed by atoms with Gasteiger partial charge in [-0.2, -0.15) is 13.2 Å². The molecular weight excluding hydrogens is 195 g/mol. The zero-order valence-corrected chi connectivity index (χ0v) is 7.98. The molecule has 0 aliphatic heterocycles. The fourth-order valence-electron chi connectivity index (χ4n) is 1.99. The van der Waals surface area contributed by atoms with Gasteiger partial charge in [-0.1, -0.05) is 12.8 Å². The van der Waals surface area contributed by atoms with E-state index in [1.807, 2.05) is 0 Å². The van der Waals surface area contributed by atoms with Gasteiger partial charge in [-0.25, -0.2) is 0 Å². The topological polar surface area (TPSA) is 32.3 Å². The van der Waals surface area contributed by atoms with Gasteiger partial charge in [0.25, 0.3) is 0 Å². The van der Waals surface area contributed by atoms with Gasteiger partial charge in [-0.05, 0) is 18.8 Å². The van der Waals surface area contributed by atoms with Gasteiger partial charge >= 0.3 is 6.18 Å². The number of alkyl halides is 3. The lowest BCUT2D eigenvalue weighted by Gasteiger charge is -2.23. The van der Waals surface area contributed by atoms with Crippen LogP contribution in [0.1, 0.15) is 25.7 Å². The van der Waals surface area contributed by atoms with Crippen molar-refractivity contribution in [2.75, 3.05) is 13.2 Å². The van der Waals surface area contributed by atoms with E-state index in [0.717, 1.165) is 25.7 Å². The van der Waals surface area contributed by atoms with Crippen molar-refractivity contribution in [2.45, 2.75) is 37.9 Å². The lowest BCUT2D eigenvalue weighted by molar-refractivity contribution is -0.127. The van der Waals surface area contributed by atoms with Crippen molar-refractivity contribution < 1.29 is 18.3 Å². The molecule has 0 aromatic heterocycles. The Morgan fingerprint density at radius 1 is 1.29 bits per heavy atom. The van der Waals surface area contributed by atoms with E-state index in [1.54, 1.807) is 0 Å². The second-order valence-electron chi connectivity index (χ2n) is 3.83. The highest BCUT2D eigenvalue weighted by molar-refractivity contribution is 4.80. The molecule has 0 spiro atoms. The second kappa shape index (κ2) is 4.98. The normalized spacial score (nSPS) is 21.4. The summed E-state index contributed by atoms with van der Waals surface area (Å²) in [6, 6.07) is -0.390. The molecule has 1 atom stereocenters. The van der Waals surface area contributed by atoms with E-state index < -0.39 is 12.7 Å². The minimum absolute atomic E-state index is 0.208. The van der Waals surface area contributed by atoms with E-state index in [4.69, 9.17) is 5.11 Å². The van der Waals surface area contributed by atoms with Crippen LogP contribution in [0.15, 0.2) is 0 Å². The molecule has 2 nitrogen and oxygen atoms in total. The van der Waals surface area contributed by atoms with Crippen LogP contribution in [0.4, 0.5) is 13.2 Å². The van der Waals surface area contributed by atoms with Crippen molar-refractivity contribution >= 4 is 0 Å². The summed E-state index contributed by atoms with van der Waals surface area (Å²) < 4.78 is 35.7. The summed E-state index contributed by atoms with van der Waals surface area (Å²) in [6.45, 7) is -1.21. The van der Waals surface area contributed by atoms with Gasteiger partial charge in [0.15, 0.2) is 0 Å². The van der Waals surface area contributed by atoms with E-state index in [2.05, 4.69) is 5.32 Å². The maximum Gasteiger partial charge on any atom is 0.401 e. The van der Waals surface area contributed by atoms with Crippen molar-refractivity contribution in [3.05, 3.63) is 0 Å². The maximum absolute atomic E-state index is 11.9. The number of nitrogens with one attached hydrogen (secondary N) is 1. The first kappa shape index (κ1) is 11.8. The molecule has 84 valence electrons. The molecule has 1 unspecified atom stereocenters. The smallest absolute Gasteiger partial charge is 0.395 e. The summed E-state index contributed by atoms with van der Waals surface area (Å²) in [7, 11) is 0. The van der Waals surface area contributed by atoms with E-state index in [1.165, 1.54) is 0 Å². The standard InChI is InChI=1S/C9H16F3NO/c10-9(11,12)6-13-8(5-14)7-3-1-2-4-7/h7-8,13-14H,1-6H2. The molecule has 1 fully saturated rings. The monoisotopic (exact) mass is 211 g/mol. The summed E-state index contributed by atoms with van der Waals surface area (Å²) in [6.07, 6.45) is -0.206. The molecule has 1 aliphatic rings. The Balaban J connectivity index is 2.31. The molecule has 0 saturated heterocycles. The Morgan fingerprint density at radius 2 is 1.86 bits per heavy atom. The quantitative estimate of drug-likeness (QED) is 0.741. The van der Waals surface area contributed by atoms with Crippen molar-refractivity contribution in [3.8, 4) is 0 Å². The van der Waals surface area contributed by atoms with Crippen LogP contribution in [0.5, 0.6) is 0 Å². The molecule has 0 bridgehead atoms. The number of hydrogen-bond donors (Lipinski definition) is 2. The zero-order chi connectivity index (χ0) is 10.6. The Morgan fingerprint density at radius 3 is 2.29 bits per heavy atom. The molecule has 5 heteroatoms. The predicted octanol–water partition coefficient (Wildman–Crippen LogP) is 1.69. The van der Waals surface area contributed by atoms with Crippen LogP contribution in [-0.4, -0.2) is 30.5 Å². The van der Waals surface area contributed by atoms with Crippen LogP contribution in [-0.2, 0) is 0 Å². The zero-order valence-electron chi connectivity index (χ0n) is 7.98. The van der Waals surface area contributed by atoms with Crippen molar-refractivity contribution in [1.29, 1.82) is 0 Å². The molecule has 1 aliphatic carbocycles. The molecule has 2 N–H and O–H groups in total. The summed E-state index contributed by atoms with van der Waals surface area (Å²) in [5.41, 5.74) is 0. The minimum atomic E-state index is -4.19. The van der Waals surface area contributed by atoms with Gasteiger partial charge in [0.05, 0.1) is 13.2 Å². The summed E-state index contributed by atoms with van der Waals surface area (Å²) in [5.74, 6) is 0.211. The molecular formula is C9H16F3NO. The molecule has 14 heavy (non-hydrogen) atoms. The average molecular weight is 211 g/mol. The molecule has 0 aromatic rings. The molecule has 0 aromatic carbocycles. The number of halogens is 3. The number of rotatable bonds is 4. The Hall–Kier alpha value is -0.290. The predicted molar refractivity (Wildman–Crippen MR) is 46.9 cm³/mol. The van der Waals surface area contributed by atoms with Gasteiger partial charge in [0.2, 0.25) is 0 Å². The third-order valence-electron chi connectivity index (χ3n) is 2.73. The number of aliphatic hydroxyl groups excluding tert-OH is 1. The third-order valence-corrected chi connectivity index (χ3v) is 2.73. The van der Waals surface area contributed by atoms with Crippen LogP contribution in [0.25, 0.3) is 0 Å².